The van der Waals surface area contributed by atoms with Crippen LogP contribution in [0.5, 0.6) is 5.75 Å². The van der Waals surface area contributed by atoms with Gasteiger partial charge in [-0.25, -0.2) is 13.1 Å². The Labute approximate surface area is 195 Å². The van der Waals surface area contributed by atoms with Gasteiger partial charge in [-0.1, -0.05) is 18.2 Å². The molecule has 3 N–H and O–H groups in total. The van der Waals surface area contributed by atoms with Crippen molar-refractivity contribution in [3.05, 3.63) is 54.6 Å². The fourth-order valence-corrected chi connectivity index (χ4v) is 5.00. The highest BCUT2D eigenvalue weighted by molar-refractivity contribution is 7.89. The lowest BCUT2D eigenvalue weighted by Crippen LogP contribution is -2.45. The van der Waals surface area contributed by atoms with Gasteiger partial charge >= 0.3 is 0 Å². The van der Waals surface area contributed by atoms with E-state index in [1.165, 1.54) is 0 Å². The fraction of sp³-hybridized carbons (Fsp3) is 0.417. The van der Waals surface area contributed by atoms with E-state index in [9.17, 15) is 18.0 Å². The molecule has 8 nitrogen and oxygen atoms in total. The number of methoxy groups -OCH3 is 1. The van der Waals surface area contributed by atoms with Crippen LogP contribution in [0.3, 0.4) is 0 Å². The van der Waals surface area contributed by atoms with E-state index in [-0.39, 0.29) is 28.5 Å². The number of ether oxygens (including phenoxy) is 1. The molecule has 1 atom stereocenters. The van der Waals surface area contributed by atoms with Crippen LogP contribution in [-0.2, 0) is 19.6 Å². The van der Waals surface area contributed by atoms with Crippen molar-refractivity contribution in [2.75, 3.05) is 19.0 Å². The number of hydrogen-bond donors (Lipinski definition) is 3. The molecule has 0 radical (unpaired) electrons. The topological polar surface area (TPSA) is 114 Å². The summed E-state index contributed by atoms with van der Waals surface area (Å²) in [7, 11) is -1.95. The molecule has 0 saturated heterocycles. The van der Waals surface area contributed by atoms with Gasteiger partial charge in [-0.15, -0.1) is 0 Å². The molecular formula is C24H31N3O5S. The third-order valence-electron chi connectivity index (χ3n) is 5.94. The number of rotatable bonds is 9. The Hall–Kier alpha value is -2.91. The third kappa shape index (κ3) is 7.03. The van der Waals surface area contributed by atoms with Gasteiger partial charge in [-0.2, -0.15) is 0 Å². The van der Waals surface area contributed by atoms with E-state index in [1.54, 1.807) is 68.6 Å². The second-order valence-electron chi connectivity index (χ2n) is 8.33. The fourth-order valence-electron chi connectivity index (χ4n) is 3.86. The van der Waals surface area contributed by atoms with Crippen molar-refractivity contribution in [2.45, 2.75) is 43.5 Å². The molecule has 2 aromatic carbocycles. The van der Waals surface area contributed by atoms with Crippen molar-refractivity contribution >= 4 is 27.5 Å². The number of amides is 2. The Morgan fingerprint density at radius 3 is 2.24 bits per heavy atom. The SMILES string of the molecule is COc1ccc(NC(=O)[C@@H](C)NC(=O)C2CCC(CNS(=O)(=O)c3ccccc3)CC2)cc1. The van der Waals surface area contributed by atoms with Crippen LogP contribution in [0.2, 0.25) is 0 Å². The summed E-state index contributed by atoms with van der Waals surface area (Å²) in [4.78, 5) is 25.3. The van der Waals surface area contributed by atoms with Gasteiger partial charge in [-0.3, -0.25) is 9.59 Å². The zero-order chi connectivity index (χ0) is 23.8. The summed E-state index contributed by atoms with van der Waals surface area (Å²) >= 11 is 0. The quantitative estimate of drug-likeness (QED) is 0.518. The average molecular weight is 474 g/mol. The first-order valence-electron chi connectivity index (χ1n) is 11.1. The van der Waals surface area contributed by atoms with Crippen LogP contribution >= 0.6 is 0 Å². The summed E-state index contributed by atoms with van der Waals surface area (Å²) < 4.78 is 32.5. The maximum absolute atomic E-state index is 12.6. The summed E-state index contributed by atoms with van der Waals surface area (Å²) in [5, 5.41) is 5.58. The van der Waals surface area contributed by atoms with Crippen LogP contribution in [0.1, 0.15) is 32.6 Å². The minimum Gasteiger partial charge on any atom is -0.497 e. The second kappa shape index (κ2) is 11.3. The maximum Gasteiger partial charge on any atom is 0.246 e. The standard InChI is InChI=1S/C24H31N3O5S/c1-17(23(28)27-20-12-14-21(32-2)15-13-20)26-24(29)19-10-8-18(9-11-19)16-25-33(30,31)22-6-4-3-5-7-22/h3-7,12-15,17-19,25H,8-11,16H2,1-2H3,(H,26,29)(H,27,28)/t17-,18?,19?/m1/s1. The van der Waals surface area contributed by atoms with Crippen LogP contribution < -0.4 is 20.1 Å². The van der Waals surface area contributed by atoms with Gasteiger partial charge in [0.1, 0.15) is 11.8 Å². The van der Waals surface area contributed by atoms with Crippen LogP contribution in [0.15, 0.2) is 59.5 Å². The van der Waals surface area contributed by atoms with E-state index in [0.29, 0.717) is 30.8 Å². The van der Waals surface area contributed by atoms with Crippen LogP contribution in [0, 0.1) is 11.8 Å². The minimum atomic E-state index is -3.53. The Balaban J connectivity index is 1.41. The molecule has 2 amide bonds. The molecule has 178 valence electrons. The van der Waals surface area contributed by atoms with Gasteiger partial charge in [0.15, 0.2) is 0 Å². The largest absolute Gasteiger partial charge is 0.497 e. The molecule has 0 spiro atoms. The van der Waals surface area contributed by atoms with Gasteiger partial charge < -0.3 is 15.4 Å². The zero-order valence-electron chi connectivity index (χ0n) is 18.9. The molecule has 0 unspecified atom stereocenters. The van der Waals surface area contributed by atoms with E-state index in [4.69, 9.17) is 4.74 Å². The van der Waals surface area contributed by atoms with E-state index < -0.39 is 16.1 Å². The summed E-state index contributed by atoms with van der Waals surface area (Å²) in [5.41, 5.74) is 0.625. The van der Waals surface area contributed by atoms with Gasteiger partial charge in [0, 0.05) is 18.2 Å². The van der Waals surface area contributed by atoms with E-state index in [1.807, 2.05) is 0 Å². The Kier molecular flexibility index (Phi) is 8.46. The minimum absolute atomic E-state index is 0.143. The van der Waals surface area contributed by atoms with Gasteiger partial charge in [-0.05, 0) is 74.9 Å². The van der Waals surface area contributed by atoms with Crippen molar-refractivity contribution in [2.24, 2.45) is 11.8 Å². The number of sulfonamides is 1. The van der Waals surface area contributed by atoms with Gasteiger partial charge in [0.05, 0.1) is 12.0 Å². The highest BCUT2D eigenvalue weighted by atomic mass is 32.2. The Morgan fingerprint density at radius 1 is 1.00 bits per heavy atom. The predicted molar refractivity (Wildman–Crippen MR) is 126 cm³/mol. The molecule has 1 aliphatic rings. The van der Waals surface area contributed by atoms with E-state index >= 15 is 0 Å². The summed E-state index contributed by atoms with van der Waals surface area (Å²) in [5.74, 6) is 0.262. The molecule has 9 heteroatoms. The van der Waals surface area contributed by atoms with Crippen LogP contribution in [-0.4, -0.2) is 39.9 Å². The summed E-state index contributed by atoms with van der Waals surface area (Å²) in [6.07, 6.45) is 2.83. The lowest BCUT2D eigenvalue weighted by molar-refractivity contribution is -0.129. The summed E-state index contributed by atoms with van der Waals surface area (Å²) in [6.45, 7) is 2.01. The lowest BCUT2D eigenvalue weighted by atomic mass is 9.81. The Bertz CT molecular complexity index is 1030. The molecule has 0 heterocycles. The number of anilines is 1. The van der Waals surface area contributed by atoms with Crippen molar-refractivity contribution in [1.82, 2.24) is 10.0 Å². The number of nitrogens with one attached hydrogen (secondary N) is 3. The summed E-state index contributed by atoms with van der Waals surface area (Å²) in [6, 6.07) is 14.6. The molecule has 1 saturated carbocycles. The average Bonchev–Trinajstić information content (AvgIpc) is 2.84. The molecule has 0 aliphatic heterocycles. The first-order valence-corrected chi connectivity index (χ1v) is 12.6. The number of carbonyl (C=O) groups is 2. The normalized spacial score (nSPS) is 19.3. The first kappa shape index (κ1) is 24.7. The van der Waals surface area contributed by atoms with Gasteiger partial charge in [0.25, 0.3) is 0 Å². The monoisotopic (exact) mass is 473 g/mol. The highest BCUT2D eigenvalue weighted by Crippen LogP contribution is 2.29. The number of carbonyl (C=O) groups excluding carboxylic acids is 2. The van der Waals surface area contributed by atoms with Crippen LogP contribution in [0.4, 0.5) is 5.69 Å². The molecule has 1 aliphatic carbocycles. The molecule has 3 rings (SSSR count). The van der Waals surface area contributed by atoms with Crippen LogP contribution in [0.25, 0.3) is 0 Å². The molecule has 33 heavy (non-hydrogen) atoms. The lowest BCUT2D eigenvalue weighted by Gasteiger charge is -2.28. The maximum atomic E-state index is 12.6. The van der Waals surface area contributed by atoms with E-state index in [0.717, 1.165) is 12.8 Å². The van der Waals surface area contributed by atoms with E-state index in [2.05, 4.69) is 15.4 Å². The van der Waals surface area contributed by atoms with Crippen molar-refractivity contribution in [1.29, 1.82) is 0 Å². The van der Waals surface area contributed by atoms with Gasteiger partial charge in [0.2, 0.25) is 21.8 Å². The first-order chi connectivity index (χ1) is 15.8. The Morgan fingerprint density at radius 2 is 1.64 bits per heavy atom. The number of hydrogen-bond acceptors (Lipinski definition) is 5. The zero-order valence-corrected chi connectivity index (χ0v) is 19.7. The molecule has 1 fully saturated rings. The smallest absolute Gasteiger partial charge is 0.246 e. The molecule has 0 aromatic heterocycles. The van der Waals surface area contributed by atoms with Crippen molar-refractivity contribution in [3.8, 4) is 5.75 Å². The predicted octanol–water partition coefficient (Wildman–Crippen LogP) is 2.92. The third-order valence-corrected chi connectivity index (χ3v) is 7.38. The molecule has 2 aromatic rings. The van der Waals surface area contributed by atoms with Crippen molar-refractivity contribution < 1.29 is 22.7 Å². The molecular weight excluding hydrogens is 442 g/mol. The number of benzene rings is 2. The second-order valence-corrected chi connectivity index (χ2v) is 10.1. The molecule has 0 bridgehead atoms. The van der Waals surface area contributed by atoms with Crippen molar-refractivity contribution in [3.63, 3.8) is 0 Å². The highest BCUT2D eigenvalue weighted by Gasteiger charge is 2.29.